The molecule has 0 bridgehead atoms. The molecular weight excluding hydrogens is 519 g/mol. The zero-order valence-corrected chi connectivity index (χ0v) is 23.2. The van der Waals surface area contributed by atoms with Gasteiger partial charge in [-0.05, 0) is 85.5 Å². The summed E-state index contributed by atoms with van der Waals surface area (Å²) in [5.74, 6) is -1.69. The van der Waals surface area contributed by atoms with Crippen LogP contribution in [0.3, 0.4) is 0 Å². The van der Waals surface area contributed by atoms with Gasteiger partial charge in [0.15, 0.2) is 0 Å². The number of nitrogens with one attached hydrogen (secondary N) is 1. The van der Waals surface area contributed by atoms with E-state index in [1.54, 1.807) is 12.1 Å². The summed E-state index contributed by atoms with van der Waals surface area (Å²) in [5, 5.41) is 23.2. The van der Waals surface area contributed by atoms with Gasteiger partial charge in [-0.3, -0.25) is 0 Å². The minimum absolute atomic E-state index is 0.0376. The minimum atomic E-state index is -3.87. The minimum Gasteiger partial charge on any atom is -0.478 e. The Kier molecular flexibility index (Phi) is 8.56. The van der Waals surface area contributed by atoms with Crippen LogP contribution >= 0.6 is 0 Å². The van der Waals surface area contributed by atoms with Crippen molar-refractivity contribution in [2.24, 2.45) is 5.92 Å². The van der Waals surface area contributed by atoms with Gasteiger partial charge >= 0.3 is 5.97 Å². The van der Waals surface area contributed by atoms with Gasteiger partial charge < -0.3 is 15.5 Å². The number of hydrogen-bond donors (Lipinski definition) is 3. The van der Waals surface area contributed by atoms with E-state index in [9.17, 15) is 22.7 Å². The molecule has 0 aromatic heterocycles. The van der Waals surface area contributed by atoms with Crippen LogP contribution in [0.25, 0.3) is 11.1 Å². The summed E-state index contributed by atoms with van der Waals surface area (Å²) in [6.07, 6.45) is 2.13. The molecule has 1 atom stereocenters. The molecule has 0 saturated carbocycles. The van der Waals surface area contributed by atoms with E-state index in [0.717, 1.165) is 29.6 Å². The lowest BCUT2D eigenvalue weighted by Crippen LogP contribution is -2.47. The maximum absolute atomic E-state index is 13.7. The summed E-state index contributed by atoms with van der Waals surface area (Å²) in [7, 11) is -2.45. The van der Waals surface area contributed by atoms with E-state index >= 15 is 0 Å². The number of nitrogens with zero attached hydrogens (tertiary/aromatic N) is 1. The van der Waals surface area contributed by atoms with Gasteiger partial charge in [-0.15, -0.1) is 0 Å². The molecule has 3 aromatic rings. The molecule has 0 spiro atoms. The average molecular weight is 555 g/mol. The summed E-state index contributed by atoms with van der Waals surface area (Å²) >= 11 is 0. The van der Waals surface area contributed by atoms with Gasteiger partial charge in [0, 0.05) is 25.7 Å². The highest BCUT2D eigenvalue weighted by Crippen LogP contribution is 2.32. The van der Waals surface area contributed by atoms with E-state index in [2.05, 4.69) is 43.4 Å². The van der Waals surface area contributed by atoms with Crippen molar-refractivity contribution in [1.29, 1.82) is 0 Å². The number of aromatic carboxylic acids is 1. The molecule has 1 aliphatic rings. The number of halogens is 1. The summed E-state index contributed by atoms with van der Waals surface area (Å²) in [4.78, 5) is 11.3. The quantitative estimate of drug-likeness (QED) is 0.326. The van der Waals surface area contributed by atoms with Crippen molar-refractivity contribution in [2.75, 3.05) is 20.1 Å². The topological polar surface area (TPSA) is 107 Å². The first-order valence-corrected chi connectivity index (χ1v) is 14.4. The normalized spacial score (nSPS) is 14.9. The Balaban J connectivity index is 1.32. The van der Waals surface area contributed by atoms with Crippen molar-refractivity contribution in [1.82, 2.24) is 9.62 Å². The molecule has 1 unspecified atom stereocenters. The first kappa shape index (κ1) is 28.9. The molecule has 3 aromatic carbocycles. The molecule has 0 radical (unpaired) electrons. The average Bonchev–Trinajstić information content (AvgIpc) is 3.29. The number of hydrogen-bond acceptors (Lipinski definition) is 5. The van der Waals surface area contributed by atoms with E-state index in [1.807, 2.05) is 0 Å². The maximum Gasteiger partial charge on any atom is 0.338 e. The number of aliphatic hydroxyl groups is 1. The number of benzene rings is 3. The number of likely N-dealkylation sites (N-methyl/N-ethyl adjacent to an activating group) is 1. The van der Waals surface area contributed by atoms with Gasteiger partial charge in [-0.25, -0.2) is 17.6 Å². The Morgan fingerprint density at radius 1 is 1.05 bits per heavy atom. The predicted molar refractivity (Wildman–Crippen MR) is 149 cm³/mol. The Hall–Kier alpha value is -3.11. The zero-order valence-electron chi connectivity index (χ0n) is 22.4. The van der Waals surface area contributed by atoms with Crippen LogP contribution < -0.4 is 5.32 Å². The van der Waals surface area contributed by atoms with E-state index in [0.29, 0.717) is 17.0 Å². The van der Waals surface area contributed by atoms with Crippen LogP contribution in [0.15, 0.2) is 71.6 Å². The number of aliphatic hydroxyl groups excluding tert-OH is 1. The molecular formula is C30H35FN2O5S. The third-order valence-electron chi connectivity index (χ3n) is 7.31. The van der Waals surface area contributed by atoms with Crippen LogP contribution in [0.5, 0.6) is 0 Å². The second kappa shape index (κ2) is 11.6. The largest absolute Gasteiger partial charge is 0.478 e. The van der Waals surface area contributed by atoms with Gasteiger partial charge in [0.1, 0.15) is 5.82 Å². The van der Waals surface area contributed by atoms with E-state index in [-0.39, 0.29) is 23.5 Å². The summed E-state index contributed by atoms with van der Waals surface area (Å²) in [6.45, 7) is 4.38. The van der Waals surface area contributed by atoms with Crippen molar-refractivity contribution in [3.05, 3.63) is 89.2 Å². The van der Waals surface area contributed by atoms with Gasteiger partial charge in [0.2, 0.25) is 10.0 Å². The zero-order chi connectivity index (χ0) is 28.4. The van der Waals surface area contributed by atoms with Gasteiger partial charge in [0.25, 0.3) is 0 Å². The lowest BCUT2D eigenvalue weighted by molar-refractivity contribution is 0.0692. The molecule has 3 N–H and O–H groups in total. The van der Waals surface area contributed by atoms with E-state index in [4.69, 9.17) is 5.11 Å². The number of carbonyl (C=O) groups is 1. The Morgan fingerprint density at radius 2 is 1.64 bits per heavy atom. The van der Waals surface area contributed by atoms with Crippen molar-refractivity contribution in [3.8, 4) is 11.1 Å². The van der Waals surface area contributed by atoms with Crippen LogP contribution in [0.4, 0.5) is 4.39 Å². The standard InChI is InChI=1S/C30H35FN2O5S/c1-30(2,17-20-14-22-6-4-5-7-23(22)15-20)32-18-25(34)19-33(3)39(37,38)26-11-8-21(9-12-26)24-10-13-28(31)27(16-24)29(35)36/h4-13,16,20,25,32,34H,14-15,17-19H2,1-3H3,(H,35,36). The summed E-state index contributed by atoms with van der Waals surface area (Å²) < 4.78 is 41.1. The number of sulfonamides is 1. The van der Waals surface area contributed by atoms with Crippen molar-refractivity contribution >= 4 is 16.0 Å². The number of rotatable bonds is 11. The van der Waals surface area contributed by atoms with E-state index in [1.165, 1.54) is 42.4 Å². The summed E-state index contributed by atoms with van der Waals surface area (Å²) in [5.41, 5.74) is 3.14. The lowest BCUT2D eigenvalue weighted by Gasteiger charge is -2.31. The molecule has 0 fully saturated rings. The fraction of sp³-hybridized carbons (Fsp3) is 0.367. The molecule has 0 heterocycles. The molecule has 0 amide bonds. The van der Waals surface area contributed by atoms with Crippen molar-refractivity contribution in [2.45, 2.75) is 49.6 Å². The third kappa shape index (κ3) is 6.91. The van der Waals surface area contributed by atoms with Crippen molar-refractivity contribution in [3.63, 3.8) is 0 Å². The lowest BCUT2D eigenvalue weighted by atomic mass is 9.88. The molecule has 9 heteroatoms. The highest BCUT2D eigenvalue weighted by Gasteiger charge is 2.29. The van der Waals surface area contributed by atoms with E-state index < -0.39 is 33.5 Å². The molecule has 7 nitrogen and oxygen atoms in total. The smallest absolute Gasteiger partial charge is 0.338 e. The number of β-amino-alcohol motifs (C(OH)–C–C–N with tert-alkyl or cyclic N) is 1. The SMILES string of the molecule is CN(CC(O)CNC(C)(C)CC1Cc2ccccc2C1)S(=O)(=O)c1ccc(-c2ccc(F)c(C(=O)O)c2)cc1. The van der Waals surface area contributed by atoms with Crippen LogP contribution in [-0.2, 0) is 22.9 Å². The molecule has 1 aliphatic carbocycles. The third-order valence-corrected chi connectivity index (χ3v) is 9.15. The molecule has 4 rings (SSSR count). The first-order valence-electron chi connectivity index (χ1n) is 13.0. The molecule has 0 aliphatic heterocycles. The predicted octanol–water partition coefficient (Wildman–Crippen LogP) is 4.35. The Morgan fingerprint density at radius 3 is 2.23 bits per heavy atom. The molecule has 208 valence electrons. The second-order valence-electron chi connectivity index (χ2n) is 11.0. The first-order chi connectivity index (χ1) is 18.4. The molecule has 39 heavy (non-hydrogen) atoms. The van der Waals surface area contributed by atoms with Crippen LogP contribution in [0, 0.1) is 11.7 Å². The number of carboxylic acids is 1. The fourth-order valence-corrected chi connectivity index (χ4v) is 6.52. The molecule has 0 saturated heterocycles. The highest BCUT2D eigenvalue weighted by atomic mass is 32.2. The van der Waals surface area contributed by atoms with Gasteiger partial charge in [-0.1, -0.05) is 42.5 Å². The monoisotopic (exact) mass is 554 g/mol. The highest BCUT2D eigenvalue weighted by molar-refractivity contribution is 7.89. The number of carboxylic acid groups (broad SMARTS) is 1. The van der Waals surface area contributed by atoms with Gasteiger partial charge in [0.05, 0.1) is 16.6 Å². The van der Waals surface area contributed by atoms with Crippen LogP contribution in [0.2, 0.25) is 0 Å². The van der Waals surface area contributed by atoms with Crippen LogP contribution in [-0.4, -0.2) is 60.7 Å². The number of fused-ring (bicyclic) bond motifs is 1. The summed E-state index contributed by atoms with van der Waals surface area (Å²) in [6, 6.07) is 18.1. The van der Waals surface area contributed by atoms with Crippen LogP contribution in [0.1, 0.15) is 41.8 Å². The second-order valence-corrected chi connectivity index (χ2v) is 13.0. The Labute approximate surface area is 229 Å². The van der Waals surface area contributed by atoms with Crippen molar-refractivity contribution < 1.29 is 27.8 Å². The van der Waals surface area contributed by atoms with Gasteiger partial charge in [-0.2, -0.15) is 4.31 Å². The maximum atomic E-state index is 13.7. The Bertz CT molecular complexity index is 1410. The fourth-order valence-electron chi connectivity index (χ4n) is 5.31.